The van der Waals surface area contributed by atoms with Crippen molar-refractivity contribution in [1.82, 2.24) is 0 Å². The minimum absolute atomic E-state index is 0.0611. The van der Waals surface area contributed by atoms with E-state index in [0.29, 0.717) is 19.6 Å². The summed E-state index contributed by atoms with van der Waals surface area (Å²) >= 11 is 0. The lowest BCUT2D eigenvalue weighted by molar-refractivity contribution is -0.150. The molecule has 2 aliphatic heterocycles. The van der Waals surface area contributed by atoms with Gasteiger partial charge in [0, 0.05) is 6.42 Å². The molecule has 0 saturated carbocycles. The quantitative estimate of drug-likeness (QED) is 0.562. The molecule has 2 aliphatic rings. The summed E-state index contributed by atoms with van der Waals surface area (Å²) in [7, 11) is 0. The van der Waals surface area contributed by atoms with Crippen LogP contribution in [0.3, 0.4) is 0 Å². The van der Waals surface area contributed by atoms with E-state index in [9.17, 15) is 4.79 Å². The van der Waals surface area contributed by atoms with E-state index in [4.69, 9.17) is 14.2 Å². The zero-order valence-corrected chi connectivity index (χ0v) is 6.99. The van der Waals surface area contributed by atoms with E-state index in [1.807, 2.05) is 6.92 Å². The summed E-state index contributed by atoms with van der Waals surface area (Å²) in [6, 6.07) is 0. The van der Waals surface area contributed by atoms with Crippen LogP contribution in [0.1, 0.15) is 13.3 Å². The van der Waals surface area contributed by atoms with E-state index in [2.05, 4.69) is 0 Å². The second-order valence-electron chi connectivity index (χ2n) is 3.03. The van der Waals surface area contributed by atoms with Crippen LogP contribution in [0, 0.1) is 5.92 Å². The molecule has 12 heavy (non-hydrogen) atoms. The Morgan fingerprint density at radius 2 is 2.50 bits per heavy atom. The van der Waals surface area contributed by atoms with Gasteiger partial charge in [-0.1, -0.05) is 0 Å². The summed E-state index contributed by atoms with van der Waals surface area (Å²) in [5.74, 6) is -0.239. The van der Waals surface area contributed by atoms with Gasteiger partial charge in [0.2, 0.25) is 0 Å². The van der Waals surface area contributed by atoms with Crippen molar-refractivity contribution < 1.29 is 19.0 Å². The Morgan fingerprint density at radius 1 is 1.67 bits per heavy atom. The molecule has 2 fully saturated rings. The second-order valence-corrected chi connectivity index (χ2v) is 3.03. The summed E-state index contributed by atoms with van der Waals surface area (Å²) in [5, 5.41) is 0. The lowest BCUT2D eigenvalue weighted by Crippen LogP contribution is -2.30. The number of esters is 1. The van der Waals surface area contributed by atoms with E-state index in [1.165, 1.54) is 0 Å². The molecule has 0 aromatic rings. The van der Waals surface area contributed by atoms with Crippen molar-refractivity contribution in [1.29, 1.82) is 0 Å². The molecule has 3 atom stereocenters. The molecule has 2 rings (SSSR count). The van der Waals surface area contributed by atoms with Crippen LogP contribution in [0.25, 0.3) is 0 Å². The van der Waals surface area contributed by atoms with Gasteiger partial charge < -0.3 is 14.2 Å². The van der Waals surface area contributed by atoms with Crippen molar-refractivity contribution in [2.45, 2.75) is 25.7 Å². The van der Waals surface area contributed by atoms with Crippen molar-refractivity contribution in [3.05, 3.63) is 0 Å². The lowest BCUT2D eigenvalue weighted by atomic mass is 10.0. The highest BCUT2D eigenvalue weighted by molar-refractivity contribution is 5.73. The molecule has 0 unspecified atom stereocenters. The number of carbonyl (C=O) groups excluding carboxylic acids is 1. The summed E-state index contributed by atoms with van der Waals surface area (Å²) in [6.45, 7) is 2.78. The molecule has 4 nitrogen and oxygen atoms in total. The maximum absolute atomic E-state index is 11.3. The predicted molar refractivity (Wildman–Crippen MR) is 39.4 cm³/mol. The van der Waals surface area contributed by atoms with Crippen LogP contribution in [-0.4, -0.2) is 31.6 Å². The van der Waals surface area contributed by atoms with E-state index in [-0.39, 0.29) is 24.3 Å². The van der Waals surface area contributed by atoms with Crippen LogP contribution < -0.4 is 0 Å². The highest BCUT2D eigenvalue weighted by Gasteiger charge is 2.46. The van der Waals surface area contributed by atoms with Gasteiger partial charge in [-0.3, -0.25) is 4.79 Å². The maximum atomic E-state index is 11.3. The summed E-state index contributed by atoms with van der Waals surface area (Å²) in [6.07, 6.45) is 0.433. The average Bonchev–Trinajstić information content (AvgIpc) is 2.64. The molecule has 0 amide bonds. The smallest absolute Gasteiger partial charge is 0.311 e. The molecule has 2 saturated heterocycles. The molecular weight excluding hydrogens is 160 g/mol. The van der Waals surface area contributed by atoms with Gasteiger partial charge in [-0.2, -0.15) is 0 Å². The van der Waals surface area contributed by atoms with E-state index >= 15 is 0 Å². The first kappa shape index (κ1) is 8.01. The summed E-state index contributed by atoms with van der Waals surface area (Å²) < 4.78 is 15.4. The number of carbonyl (C=O) groups is 1. The van der Waals surface area contributed by atoms with Crippen LogP contribution in [0.2, 0.25) is 0 Å². The Labute approximate surface area is 70.8 Å². The van der Waals surface area contributed by atoms with E-state index < -0.39 is 0 Å². The number of hydrogen-bond acceptors (Lipinski definition) is 4. The standard InChI is InChI=1S/C8H12O4/c1-2-10-8(9)5-3-7-11-4-6(5)12-7/h5-7H,2-4H2,1H3/t5-,6+,7-/m0/s1. The first-order valence-electron chi connectivity index (χ1n) is 4.25. The van der Waals surface area contributed by atoms with Crippen molar-refractivity contribution in [2.24, 2.45) is 5.92 Å². The zero-order chi connectivity index (χ0) is 8.55. The fourth-order valence-electron chi connectivity index (χ4n) is 1.67. The highest BCUT2D eigenvalue weighted by atomic mass is 16.7. The molecule has 0 spiro atoms. The SMILES string of the molecule is CCOC(=O)[C@H]1C[C@H]2OC[C@H]1O2. The van der Waals surface area contributed by atoms with Gasteiger partial charge in [0.05, 0.1) is 25.2 Å². The predicted octanol–water partition coefficient (Wildman–Crippen LogP) is 0.311. The van der Waals surface area contributed by atoms with Gasteiger partial charge in [0.1, 0.15) is 0 Å². The molecule has 0 radical (unpaired) electrons. The monoisotopic (exact) mass is 172 g/mol. The Hall–Kier alpha value is -0.610. The summed E-state index contributed by atoms with van der Waals surface area (Å²) in [4.78, 5) is 11.3. The molecule has 0 aromatic heterocycles. The van der Waals surface area contributed by atoms with Crippen LogP contribution in [0.15, 0.2) is 0 Å². The van der Waals surface area contributed by atoms with Crippen LogP contribution >= 0.6 is 0 Å². The van der Waals surface area contributed by atoms with Gasteiger partial charge in [-0.25, -0.2) is 0 Å². The molecule has 0 N–H and O–H groups in total. The third-order valence-corrected chi connectivity index (χ3v) is 2.26. The topological polar surface area (TPSA) is 44.8 Å². The molecule has 0 aromatic carbocycles. The number of fused-ring (bicyclic) bond motifs is 2. The Kier molecular flexibility index (Phi) is 2.02. The molecule has 68 valence electrons. The fraction of sp³-hybridized carbons (Fsp3) is 0.875. The maximum Gasteiger partial charge on any atom is 0.311 e. The van der Waals surface area contributed by atoms with Gasteiger partial charge in [0.15, 0.2) is 6.29 Å². The molecule has 2 heterocycles. The van der Waals surface area contributed by atoms with Crippen molar-refractivity contribution in [3.8, 4) is 0 Å². The minimum atomic E-state index is -0.163. The number of hydrogen-bond donors (Lipinski definition) is 0. The average molecular weight is 172 g/mol. The van der Waals surface area contributed by atoms with Crippen molar-refractivity contribution in [2.75, 3.05) is 13.2 Å². The zero-order valence-electron chi connectivity index (χ0n) is 6.99. The Bertz CT molecular complexity index is 191. The number of rotatable bonds is 2. The van der Waals surface area contributed by atoms with E-state index in [0.717, 1.165) is 0 Å². The van der Waals surface area contributed by atoms with Crippen LogP contribution in [0.4, 0.5) is 0 Å². The normalized spacial score (nSPS) is 38.6. The van der Waals surface area contributed by atoms with Gasteiger partial charge in [0.25, 0.3) is 0 Å². The first-order chi connectivity index (χ1) is 5.81. The molecule has 2 bridgehead atoms. The van der Waals surface area contributed by atoms with Gasteiger partial charge in [-0.15, -0.1) is 0 Å². The Balaban J connectivity index is 1.93. The molecular formula is C8H12O4. The number of ether oxygens (including phenoxy) is 3. The highest BCUT2D eigenvalue weighted by Crippen LogP contribution is 2.34. The first-order valence-corrected chi connectivity index (χ1v) is 4.25. The Morgan fingerprint density at radius 3 is 3.00 bits per heavy atom. The third-order valence-electron chi connectivity index (χ3n) is 2.26. The largest absolute Gasteiger partial charge is 0.466 e. The molecule has 4 heteroatoms. The second kappa shape index (κ2) is 3.03. The third kappa shape index (κ3) is 1.21. The van der Waals surface area contributed by atoms with Gasteiger partial charge >= 0.3 is 5.97 Å². The summed E-state index contributed by atoms with van der Waals surface area (Å²) in [5.41, 5.74) is 0. The van der Waals surface area contributed by atoms with E-state index in [1.54, 1.807) is 0 Å². The van der Waals surface area contributed by atoms with Crippen LogP contribution in [0.5, 0.6) is 0 Å². The molecule has 0 aliphatic carbocycles. The van der Waals surface area contributed by atoms with Crippen LogP contribution in [-0.2, 0) is 19.0 Å². The lowest BCUT2D eigenvalue weighted by Gasteiger charge is -2.16. The van der Waals surface area contributed by atoms with Crippen molar-refractivity contribution >= 4 is 5.97 Å². The fourth-order valence-corrected chi connectivity index (χ4v) is 1.67. The van der Waals surface area contributed by atoms with Gasteiger partial charge in [-0.05, 0) is 6.92 Å². The minimum Gasteiger partial charge on any atom is -0.466 e. The van der Waals surface area contributed by atoms with Crippen molar-refractivity contribution in [3.63, 3.8) is 0 Å².